The van der Waals surface area contributed by atoms with Gasteiger partial charge in [-0.25, -0.2) is 4.79 Å². The molecule has 2 N–H and O–H groups in total. The van der Waals surface area contributed by atoms with Crippen molar-refractivity contribution < 1.29 is 9.53 Å². The van der Waals surface area contributed by atoms with Crippen LogP contribution in [0.15, 0.2) is 59.5 Å². The predicted octanol–water partition coefficient (Wildman–Crippen LogP) is 3.05. The minimum atomic E-state index is -0.287. The third kappa shape index (κ3) is 3.69. The Labute approximate surface area is 151 Å². The van der Waals surface area contributed by atoms with E-state index in [4.69, 9.17) is 4.74 Å². The summed E-state index contributed by atoms with van der Waals surface area (Å²) in [4.78, 5) is 27.0. The molecule has 2 aromatic carbocycles. The van der Waals surface area contributed by atoms with E-state index in [-0.39, 0.29) is 18.2 Å². The van der Waals surface area contributed by atoms with Gasteiger partial charge in [-0.2, -0.15) is 0 Å². The largest absolute Gasteiger partial charge is 0.483 e. The molecule has 0 atom stereocenters. The summed E-state index contributed by atoms with van der Waals surface area (Å²) in [5, 5.41) is 2.82. The monoisotopic (exact) mass is 351 g/mol. The lowest BCUT2D eigenvalue weighted by Gasteiger charge is -2.13. The van der Waals surface area contributed by atoms with Gasteiger partial charge < -0.3 is 15.0 Å². The van der Waals surface area contributed by atoms with E-state index in [2.05, 4.69) is 10.3 Å². The fraction of sp³-hybridized carbons (Fsp3) is 0.200. The van der Waals surface area contributed by atoms with Gasteiger partial charge in [-0.15, -0.1) is 0 Å². The second kappa shape index (κ2) is 7.74. The Morgan fingerprint density at radius 3 is 2.62 bits per heavy atom. The standard InChI is InChI=1S/C20H21N3O3/c1-3-15-8-4-7-11-18(15)26-13-19(24)22-16-9-5-6-10-17(16)23-14(2)12-21-20(23)25/h4-12H,3,13H2,1-2H3,(H,21,25)(H,22,24). The van der Waals surface area contributed by atoms with E-state index in [9.17, 15) is 9.59 Å². The molecule has 0 saturated heterocycles. The summed E-state index contributed by atoms with van der Waals surface area (Å²) >= 11 is 0. The van der Waals surface area contributed by atoms with Crippen LogP contribution in [0.3, 0.4) is 0 Å². The van der Waals surface area contributed by atoms with Crippen LogP contribution in [0.5, 0.6) is 5.75 Å². The second-order valence-corrected chi connectivity index (χ2v) is 5.89. The molecule has 0 aliphatic carbocycles. The molecule has 0 radical (unpaired) electrons. The second-order valence-electron chi connectivity index (χ2n) is 5.89. The number of carbonyl (C=O) groups is 1. The molecule has 0 spiro atoms. The van der Waals surface area contributed by atoms with Crippen molar-refractivity contribution >= 4 is 11.6 Å². The minimum absolute atomic E-state index is 0.105. The molecule has 0 bridgehead atoms. The van der Waals surface area contributed by atoms with Crippen LogP contribution in [0, 0.1) is 6.92 Å². The Morgan fingerprint density at radius 1 is 1.15 bits per heavy atom. The number of aryl methyl sites for hydroxylation is 2. The van der Waals surface area contributed by atoms with E-state index in [0.29, 0.717) is 17.1 Å². The zero-order valence-electron chi connectivity index (χ0n) is 14.8. The zero-order valence-corrected chi connectivity index (χ0v) is 14.8. The van der Waals surface area contributed by atoms with Gasteiger partial charge in [-0.3, -0.25) is 9.36 Å². The molecular weight excluding hydrogens is 330 g/mol. The summed E-state index contributed by atoms with van der Waals surface area (Å²) < 4.78 is 7.17. The van der Waals surface area contributed by atoms with Crippen LogP contribution in [0.4, 0.5) is 5.69 Å². The number of benzene rings is 2. The van der Waals surface area contributed by atoms with Gasteiger partial charge >= 0.3 is 5.69 Å². The van der Waals surface area contributed by atoms with Crippen molar-refractivity contribution in [3.63, 3.8) is 0 Å². The average Bonchev–Trinajstić information content (AvgIpc) is 2.99. The molecule has 3 rings (SSSR count). The smallest absolute Gasteiger partial charge is 0.330 e. The highest BCUT2D eigenvalue weighted by Gasteiger charge is 2.12. The highest BCUT2D eigenvalue weighted by Crippen LogP contribution is 2.21. The molecule has 0 unspecified atom stereocenters. The highest BCUT2D eigenvalue weighted by molar-refractivity contribution is 5.93. The molecule has 1 aromatic heterocycles. The number of imidazole rings is 1. The van der Waals surface area contributed by atoms with Crippen molar-refractivity contribution in [1.82, 2.24) is 9.55 Å². The van der Waals surface area contributed by atoms with Crippen molar-refractivity contribution in [2.45, 2.75) is 20.3 Å². The van der Waals surface area contributed by atoms with Crippen LogP contribution in [0.2, 0.25) is 0 Å². The van der Waals surface area contributed by atoms with Crippen molar-refractivity contribution in [3.05, 3.63) is 76.5 Å². The maximum Gasteiger partial charge on any atom is 0.330 e. The molecule has 1 heterocycles. The Kier molecular flexibility index (Phi) is 5.22. The SMILES string of the molecule is CCc1ccccc1OCC(=O)Nc1ccccc1-n1c(C)c[nH]c1=O. The lowest BCUT2D eigenvalue weighted by Crippen LogP contribution is -2.23. The third-order valence-corrected chi connectivity index (χ3v) is 4.09. The number of anilines is 1. The quantitative estimate of drug-likeness (QED) is 0.717. The third-order valence-electron chi connectivity index (χ3n) is 4.09. The van der Waals surface area contributed by atoms with Crippen molar-refractivity contribution in [2.75, 3.05) is 11.9 Å². The number of nitrogens with zero attached hydrogens (tertiary/aromatic N) is 1. The highest BCUT2D eigenvalue weighted by atomic mass is 16.5. The topological polar surface area (TPSA) is 76.1 Å². The normalized spacial score (nSPS) is 10.5. The van der Waals surface area contributed by atoms with Gasteiger partial charge in [0, 0.05) is 11.9 Å². The summed E-state index contributed by atoms with van der Waals surface area (Å²) in [6.07, 6.45) is 2.46. The number of para-hydroxylation sites is 3. The minimum Gasteiger partial charge on any atom is -0.483 e. The molecule has 1 amide bonds. The number of aromatic nitrogens is 2. The molecule has 0 aliphatic heterocycles. The van der Waals surface area contributed by atoms with Crippen molar-refractivity contribution in [1.29, 1.82) is 0 Å². The van der Waals surface area contributed by atoms with Gasteiger partial charge in [0.2, 0.25) is 0 Å². The van der Waals surface area contributed by atoms with Crippen LogP contribution in [-0.4, -0.2) is 22.1 Å². The number of hydrogen-bond donors (Lipinski definition) is 2. The maximum atomic E-state index is 12.3. The van der Waals surface area contributed by atoms with E-state index in [1.807, 2.05) is 44.2 Å². The maximum absolute atomic E-state index is 12.3. The summed E-state index contributed by atoms with van der Waals surface area (Å²) in [5.74, 6) is 0.417. The lowest BCUT2D eigenvalue weighted by molar-refractivity contribution is -0.118. The number of hydrogen-bond acceptors (Lipinski definition) is 3. The first kappa shape index (κ1) is 17.5. The molecule has 3 aromatic rings. The average molecular weight is 351 g/mol. The van der Waals surface area contributed by atoms with Crippen LogP contribution in [0.1, 0.15) is 18.2 Å². The number of nitrogens with one attached hydrogen (secondary N) is 2. The number of carbonyl (C=O) groups excluding carboxylic acids is 1. The van der Waals surface area contributed by atoms with Crippen LogP contribution in [0.25, 0.3) is 5.69 Å². The van der Waals surface area contributed by atoms with E-state index < -0.39 is 0 Å². The van der Waals surface area contributed by atoms with Gasteiger partial charge in [-0.05, 0) is 37.1 Å². The van der Waals surface area contributed by atoms with E-state index in [0.717, 1.165) is 17.7 Å². The fourth-order valence-corrected chi connectivity index (χ4v) is 2.80. The van der Waals surface area contributed by atoms with Crippen molar-refractivity contribution in [3.8, 4) is 11.4 Å². The molecule has 0 aliphatic rings. The fourth-order valence-electron chi connectivity index (χ4n) is 2.80. The van der Waals surface area contributed by atoms with E-state index in [1.54, 1.807) is 24.4 Å². The molecule has 0 saturated carbocycles. The van der Waals surface area contributed by atoms with Crippen LogP contribution >= 0.6 is 0 Å². The number of aromatic amines is 1. The van der Waals surface area contributed by atoms with Gasteiger partial charge in [-0.1, -0.05) is 37.3 Å². The molecule has 26 heavy (non-hydrogen) atoms. The van der Waals surface area contributed by atoms with Crippen molar-refractivity contribution in [2.24, 2.45) is 0 Å². The van der Waals surface area contributed by atoms with Gasteiger partial charge in [0.25, 0.3) is 5.91 Å². The van der Waals surface area contributed by atoms with Gasteiger partial charge in [0.05, 0.1) is 11.4 Å². The molecule has 6 nitrogen and oxygen atoms in total. The molecule has 0 fully saturated rings. The molecule has 134 valence electrons. The Bertz CT molecular complexity index is 972. The molecular formula is C20H21N3O3. The van der Waals surface area contributed by atoms with E-state index in [1.165, 1.54) is 4.57 Å². The Morgan fingerprint density at radius 2 is 1.88 bits per heavy atom. The van der Waals surface area contributed by atoms with Gasteiger partial charge in [0.15, 0.2) is 6.61 Å². The van der Waals surface area contributed by atoms with Crippen LogP contribution in [-0.2, 0) is 11.2 Å². The summed E-state index contributed by atoms with van der Waals surface area (Å²) in [7, 11) is 0. The number of ether oxygens (including phenoxy) is 1. The first-order chi connectivity index (χ1) is 12.6. The summed E-state index contributed by atoms with van der Waals surface area (Å²) in [6.45, 7) is 3.75. The predicted molar refractivity (Wildman–Crippen MR) is 101 cm³/mol. The number of amides is 1. The van der Waals surface area contributed by atoms with E-state index >= 15 is 0 Å². The Hall–Kier alpha value is -3.28. The summed E-state index contributed by atoms with van der Waals surface area (Å²) in [6, 6.07) is 14.8. The first-order valence-corrected chi connectivity index (χ1v) is 8.47. The first-order valence-electron chi connectivity index (χ1n) is 8.47. The molecule has 6 heteroatoms. The number of H-pyrrole nitrogens is 1. The van der Waals surface area contributed by atoms with Gasteiger partial charge in [0.1, 0.15) is 5.75 Å². The lowest BCUT2D eigenvalue weighted by atomic mass is 10.1. The number of rotatable bonds is 6. The van der Waals surface area contributed by atoms with Crippen LogP contribution < -0.4 is 15.7 Å². The zero-order chi connectivity index (χ0) is 18.5. The summed E-state index contributed by atoms with van der Waals surface area (Å²) in [5.41, 5.74) is 2.71. The Balaban J connectivity index is 1.76.